The molecule has 0 bridgehead atoms. The summed E-state index contributed by atoms with van der Waals surface area (Å²) in [6.07, 6.45) is 4.79. The van der Waals surface area contributed by atoms with Crippen molar-refractivity contribution in [3.8, 4) is 11.8 Å². The second kappa shape index (κ2) is 15.4. The topological polar surface area (TPSA) is 140 Å². The van der Waals surface area contributed by atoms with E-state index in [-0.39, 0.29) is 31.8 Å². The number of aryl methyl sites for hydroxylation is 2. The van der Waals surface area contributed by atoms with Crippen molar-refractivity contribution in [1.29, 1.82) is 5.26 Å². The Balaban J connectivity index is 0.000000402. The molecule has 2 fully saturated rings. The van der Waals surface area contributed by atoms with Crippen molar-refractivity contribution in [2.24, 2.45) is 11.8 Å². The molecule has 0 radical (unpaired) electrons. The number of hydrogen-bond acceptors (Lipinski definition) is 8. The number of Topliss-reactive ketones (excluding diaryl/α,β-unsaturated/α-hetero) is 1. The molecule has 1 aliphatic heterocycles. The number of rotatable bonds is 9. The van der Waals surface area contributed by atoms with Gasteiger partial charge in [0.15, 0.2) is 0 Å². The Morgan fingerprint density at radius 1 is 1.11 bits per heavy atom. The van der Waals surface area contributed by atoms with Crippen molar-refractivity contribution in [2.45, 2.75) is 110 Å². The van der Waals surface area contributed by atoms with Crippen LogP contribution in [0.15, 0.2) is 12.1 Å². The second-order valence-corrected chi connectivity index (χ2v) is 10.7. The lowest BCUT2D eigenvalue weighted by atomic mass is 9.83. The number of ether oxygens (including phenoxy) is 2. The number of ketones is 1. The third-order valence-corrected chi connectivity index (χ3v) is 7.28. The maximum atomic E-state index is 12.1. The number of carbonyl (C=O) groups is 1. The summed E-state index contributed by atoms with van der Waals surface area (Å²) in [5.41, 5.74) is 1.95. The minimum Gasteiger partial charge on any atom is -0.490 e. The Morgan fingerprint density at radius 2 is 1.84 bits per heavy atom. The molecule has 8 nitrogen and oxygen atoms in total. The van der Waals surface area contributed by atoms with E-state index >= 15 is 0 Å². The van der Waals surface area contributed by atoms with Crippen molar-refractivity contribution in [3.05, 3.63) is 28.8 Å². The molecule has 0 aromatic heterocycles. The van der Waals surface area contributed by atoms with E-state index in [9.17, 15) is 20.1 Å². The minimum absolute atomic E-state index is 0.0961. The van der Waals surface area contributed by atoms with E-state index in [1.54, 1.807) is 25.1 Å². The summed E-state index contributed by atoms with van der Waals surface area (Å²) in [5.74, 6) is 0.324. The van der Waals surface area contributed by atoms with Gasteiger partial charge in [0.05, 0.1) is 31.0 Å². The molecular weight excluding hydrogens is 474 g/mol. The van der Waals surface area contributed by atoms with Crippen molar-refractivity contribution in [1.82, 2.24) is 0 Å². The van der Waals surface area contributed by atoms with Gasteiger partial charge in [0.2, 0.25) is 0 Å². The number of unbranched alkanes of at least 4 members (excludes halogenated alkanes) is 2. The summed E-state index contributed by atoms with van der Waals surface area (Å²) >= 11 is 0. The molecule has 4 N–H and O–H groups in total. The average Bonchev–Trinajstić information content (AvgIpc) is 2.85. The molecule has 1 aromatic carbocycles. The van der Waals surface area contributed by atoms with E-state index in [1.165, 1.54) is 0 Å². The van der Waals surface area contributed by atoms with Crippen LogP contribution in [0.1, 0.15) is 87.2 Å². The normalized spacial score (nSPS) is 29.5. The molecule has 1 saturated heterocycles. The lowest BCUT2D eigenvalue weighted by molar-refractivity contribution is -0.0891. The van der Waals surface area contributed by atoms with E-state index in [0.29, 0.717) is 41.7 Å². The SMILES string of the molecule is CC1CC(C)OC(CO)C1.CCCCCc1cc(OC2CC(O)[C@H](O)C(CO)C2)cc(C)c1C(=O)C#N. The fourth-order valence-corrected chi connectivity index (χ4v) is 5.47. The summed E-state index contributed by atoms with van der Waals surface area (Å²) in [4.78, 5) is 12.1. The number of aliphatic hydroxyl groups is 4. The Hall–Kier alpha value is -2.02. The van der Waals surface area contributed by atoms with Crippen LogP contribution in [-0.2, 0) is 11.2 Å². The standard InChI is InChI=1S/C21H29NO5.C8H16O2/c1-3-4-5-6-14-8-16(7-13(2)20(14)19(25)11-22)27-17-9-15(12-23)21(26)18(24)10-17;1-6-3-7(2)10-8(4-6)5-9/h7-8,15,17-18,21,23-24,26H,3-6,9-10,12H2,1-2H3;6-9H,3-5H2,1-2H3/t15?,17?,18?,21-;/m1./s1. The number of nitriles is 1. The van der Waals surface area contributed by atoms with Crippen LogP contribution in [0.3, 0.4) is 0 Å². The van der Waals surface area contributed by atoms with Gasteiger partial charge in [-0.3, -0.25) is 4.79 Å². The van der Waals surface area contributed by atoms with Crippen molar-refractivity contribution in [3.63, 3.8) is 0 Å². The highest BCUT2D eigenvalue weighted by Gasteiger charge is 2.36. The molecular formula is C29H45NO7. The molecule has 1 heterocycles. The monoisotopic (exact) mass is 519 g/mol. The lowest BCUT2D eigenvalue weighted by Gasteiger charge is -2.36. The van der Waals surface area contributed by atoms with Gasteiger partial charge in [-0.25, -0.2) is 0 Å². The quantitative estimate of drug-likeness (QED) is 0.221. The summed E-state index contributed by atoms with van der Waals surface area (Å²) in [5, 5.41) is 47.2. The number of nitrogens with zero attached hydrogens (tertiary/aromatic N) is 1. The number of aliphatic hydroxyl groups excluding tert-OH is 4. The maximum Gasteiger partial charge on any atom is 0.262 e. The highest BCUT2D eigenvalue weighted by atomic mass is 16.5. The highest BCUT2D eigenvalue weighted by molar-refractivity contribution is 6.09. The first-order valence-electron chi connectivity index (χ1n) is 13.6. The van der Waals surface area contributed by atoms with Crippen LogP contribution in [0.2, 0.25) is 0 Å². The van der Waals surface area contributed by atoms with Gasteiger partial charge in [-0.2, -0.15) is 5.26 Å². The number of carbonyl (C=O) groups excluding carboxylic acids is 1. The molecule has 1 aromatic rings. The number of benzene rings is 1. The second-order valence-electron chi connectivity index (χ2n) is 10.7. The zero-order valence-electron chi connectivity index (χ0n) is 22.7. The van der Waals surface area contributed by atoms with E-state index in [0.717, 1.165) is 37.7 Å². The first-order chi connectivity index (χ1) is 17.6. The van der Waals surface area contributed by atoms with E-state index in [2.05, 4.69) is 20.8 Å². The van der Waals surface area contributed by atoms with Crippen molar-refractivity contribution < 1.29 is 34.7 Å². The van der Waals surface area contributed by atoms with Crippen LogP contribution < -0.4 is 4.74 Å². The van der Waals surface area contributed by atoms with Gasteiger partial charge in [0.1, 0.15) is 17.9 Å². The summed E-state index contributed by atoms with van der Waals surface area (Å²) in [6, 6.07) is 5.25. The Kier molecular flexibility index (Phi) is 13.0. The van der Waals surface area contributed by atoms with Gasteiger partial charge in [-0.05, 0) is 75.1 Å². The molecule has 7 atom stereocenters. The largest absolute Gasteiger partial charge is 0.490 e. The van der Waals surface area contributed by atoms with Gasteiger partial charge >= 0.3 is 0 Å². The summed E-state index contributed by atoms with van der Waals surface area (Å²) in [6.45, 7) is 8.13. The fourth-order valence-electron chi connectivity index (χ4n) is 5.47. The third kappa shape index (κ3) is 9.35. The Labute approximate surface area is 221 Å². The van der Waals surface area contributed by atoms with Gasteiger partial charge in [0, 0.05) is 24.5 Å². The van der Waals surface area contributed by atoms with Crippen LogP contribution >= 0.6 is 0 Å². The van der Waals surface area contributed by atoms with Gasteiger partial charge in [0.25, 0.3) is 5.78 Å². The van der Waals surface area contributed by atoms with Gasteiger partial charge < -0.3 is 29.9 Å². The Morgan fingerprint density at radius 3 is 2.43 bits per heavy atom. The maximum absolute atomic E-state index is 12.1. The van der Waals surface area contributed by atoms with Gasteiger partial charge in [-0.15, -0.1) is 0 Å². The third-order valence-electron chi connectivity index (χ3n) is 7.28. The first kappa shape index (κ1) is 31.2. The van der Waals surface area contributed by atoms with Crippen LogP contribution in [0.5, 0.6) is 5.75 Å². The summed E-state index contributed by atoms with van der Waals surface area (Å²) in [7, 11) is 0. The van der Waals surface area contributed by atoms with E-state index in [1.807, 2.05) is 0 Å². The predicted octanol–water partition coefficient (Wildman–Crippen LogP) is 3.49. The fraction of sp³-hybridized carbons (Fsp3) is 0.724. The molecule has 1 saturated carbocycles. The molecule has 2 aliphatic rings. The zero-order chi connectivity index (χ0) is 27.5. The van der Waals surface area contributed by atoms with Crippen LogP contribution in [0.4, 0.5) is 0 Å². The van der Waals surface area contributed by atoms with Crippen LogP contribution in [-0.4, -0.2) is 69.9 Å². The summed E-state index contributed by atoms with van der Waals surface area (Å²) < 4.78 is 11.5. The molecule has 0 amide bonds. The molecule has 8 heteroatoms. The molecule has 0 spiro atoms. The van der Waals surface area contributed by atoms with Crippen molar-refractivity contribution >= 4 is 5.78 Å². The molecule has 1 aliphatic carbocycles. The highest BCUT2D eigenvalue weighted by Crippen LogP contribution is 2.31. The van der Waals surface area contributed by atoms with Crippen LogP contribution in [0, 0.1) is 30.1 Å². The van der Waals surface area contributed by atoms with Gasteiger partial charge in [-0.1, -0.05) is 26.7 Å². The predicted molar refractivity (Wildman–Crippen MR) is 140 cm³/mol. The molecule has 37 heavy (non-hydrogen) atoms. The first-order valence-corrected chi connectivity index (χ1v) is 13.6. The average molecular weight is 520 g/mol. The molecule has 3 rings (SSSR count). The molecule has 6 unspecified atom stereocenters. The lowest BCUT2D eigenvalue weighted by Crippen LogP contribution is -2.46. The number of hydrogen-bond donors (Lipinski definition) is 4. The Bertz CT molecular complexity index is 889. The van der Waals surface area contributed by atoms with E-state index < -0.39 is 23.9 Å². The minimum atomic E-state index is -0.947. The molecule has 208 valence electrons. The van der Waals surface area contributed by atoms with Crippen molar-refractivity contribution in [2.75, 3.05) is 13.2 Å². The van der Waals surface area contributed by atoms with Crippen LogP contribution in [0.25, 0.3) is 0 Å². The zero-order valence-corrected chi connectivity index (χ0v) is 22.7. The smallest absolute Gasteiger partial charge is 0.262 e. The van der Waals surface area contributed by atoms with E-state index in [4.69, 9.17) is 19.8 Å².